The van der Waals surface area contributed by atoms with Crippen molar-refractivity contribution in [2.75, 3.05) is 11.9 Å². The van der Waals surface area contributed by atoms with Gasteiger partial charge in [0, 0.05) is 4.47 Å². The fourth-order valence-corrected chi connectivity index (χ4v) is 2.00. The second kappa shape index (κ2) is 6.85. The Kier molecular flexibility index (Phi) is 5.14. The van der Waals surface area contributed by atoms with E-state index in [0.29, 0.717) is 12.6 Å². The van der Waals surface area contributed by atoms with Gasteiger partial charge in [-0.2, -0.15) is 15.0 Å². The SMILES string of the molecule is CCCOc1nc(Cl)nc(Nc2cc(C)ccc2Br)n1. The van der Waals surface area contributed by atoms with E-state index < -0.39 is 0 Å². The highest BCUT2D eigenvalue weighted by atomic mass is 79.9. The summed E-state index contributed by atoms with van der Waals surface area (Å²) in [5.41, 5.74) is 1.98. The summed E-state index contributed by atoms with van der Waals surface area (Å²) in [5, 5.41) is 3.19. The van der Waals surface area contributed by atoms with Crippen LogP contribution >= 0.6 is 27.5 Å². The summed E-state index contributed by atoms with van der Waals surface area (Å²) in [6.45, 7) is 4.55. The fourth-order valence-electron chi connectivity index (χ4n) is 1.50. The number of ether oxygens (including phenoxy) is 1. The van der Waals surface area contributed by atoms with Crippen LogP contribution in [-0.2, 0) is 0 Å². The summed E-state index contributed by atoms with van der Waals surface area (Å²) in [5.74, 6) is 0.349. The molecule has 1 aromatic heterocycles. The summed E-state index contributed by atoms with van der Waals surface area (Å²) < 4.78 is 6.28. The first kappa shape index (κ1) is 15.0. The Hall–Kier alpha value is -1.40. The largest absolute Gasteiger partial charge is 0.463 e. The van der Waals surface area contributed by atoms with Crippen molar-refractivity contribution < 1.29 is 4.74 Å². The molecule has 0 bridgehead atoms. The first-order chi connectivity index (χ1) is 9.58. The highest BCUT2D eigenvalue weighted by molar-refractivity contribution is 9.10. The quantitative estimate of drug-likeness (QED) is 0.872. The minimum Gasteiger partial charge on any atom is -0.463 e. The molecule has 7 heteroatoms. The molecule has 2 aromatic rings. The van der Waals surface area contributed by atoms with Crippen LogP contribution in [0.4, 0.5) is 11.6 Å². The number of nitrogens with zero attached hydrogens (tertiary/aromatic N) is 3. The average Bonchev–Trinajstić information content (AvgIpc) is 2.40. The van der Waals surface area contributed by atoms with Crippen LogP contribution in [0, 0.1) is 6.92 Å². The molecule has 0 radical (unpaired) electrons. The second-order valence-electron chi connectivity index (χ2n) is 4.17. The van der Waals surface area contributed by atoms with E-state index in [0.717, 1.165) is 22.1 Å². The minimum absolute atomic E-state index is 0.0948. The molecule has 0 aliphatic rings. The molecule has 1 heterocycles. The molecule has 0 saturated heterocycles. The van der Waals surface area contributed by atoms with E-state index in [1.54, 1.807) is 0 Å². The first-order valence-electron chi connectivity index (χ1n) is 6.16. The summed E-state index contributed by atoms with van der Waals surface area (Å²) in [6.07, 6.45) is 0.871. The van der Waals surface area contributed by atoms with Gasteiger partial charge in [0.05, 0.1) is 12.3 Å². The van der Waals surface area contributed by atoms with Crippen LogP contribution < -0.4 is 10.1 Å². The van der Waals surface area contributed by atoms with Gasteiger partial charge in [-0.05, 0) is 58.6 Å². The van der Waals surface area contributed by atoms with Crippen molar-refractivity contribution >= 4 is 39.2 Å². The number of hydrogen-bond donors (Lipinski definition) is 1. The lowest BCUT2D eigenvalue weighted by molar-refractivity contribution is 0.292. The molecule has 1 N–H and O–H groups in total. The molecule has 0 spiro atoms. The van der Waals surface area contributed by atoms with E-state index in [-0.39, 0.29) is 11.3 Å². The van der Waals surface area contributed by atoms with Crippen LogP contribution in [0.1, 0.15) is 18.9 Å². The molecule has 0 fully saturated rings. The summed E-state index contributed by atoms with van der Waals surface area (Å²) in [6, 6.07) is 6.16. The Bertz CT molecular complexity index is 609. The van der Waals surface area contributed by atoms with Crippen LogP contribution in [0.15, 0.2) is 22.7 Å². The lowest BCUT2D eigenvalue weighted by Crippen LogP contribution is -2.05. The number of halogens is 2. The molecule has 2 rings (SSSR count). The van der Waals surface area contributed by atoms with Gasteiger partial charge in [0.15, 0.2) is 0 Å². The van der Waals surface area contributed by atoms with Crippen molar-refractivity contribution in [1.29, 1.82) is 0 Å². The number of rotatable bonds is 5. The molecular formula is C13H14BrClN4O. The first-order valence-corrected chi connectivity index (χ1v) is 7.33. The molecule has 0 amide bonds. The number of benzene rings is 1. The molecule has 0 aliphatic heterocycles. The molecule has 20 heavy (non-hydrogen) atoms. The van der Waals surface area contributed by atoms with Crippen LogP contribution in [0.3, 0.4) is 0 Å². The third-order valence-corrected chi connectivity index (χ3v) is 3.25. The highest BCUT2D eigenvalue weighted by Crippen LogP contribution is 2.26. The van der Waals surface area contributed by atoms with E-state index in [9.17, 15) is 0 Å². The molecule has 0 unspecified atom stereocenters. The minimum atomic E-state index is 0.0948. The normalized spacial score (nSPS) is 10.4. The number of aryl methyl sites for hydroxylation is 1. The number of anilines is 2. The van der Waals surface area contributed by atoms with Crippen LogP contribution in [0.2, 0.25) is 5.28 Å². The van der Waals surface area contributed by atoms with Crippen molar-refractivity contribution in [3.05, 3.63) is 33.5 Å². The van der Waals surface area contributed by atoms with E-state index in [4.69, 9.17) is 16.3 Å². The zero-order valence-corrected chi connectivity index (χ0v) is 13.5. The van der Waals surface area contributed by atoms with Gasteiger partial charge in [-0.15, -0.1) is 0 Å². The van der Waals surface area contributed by atoms with E-state index in [1.807, 2.05) is 32.0 Å². The van der Waals surface area contributed by atoms with Crippen molar-refractivity contribution in [1.82, 2.24) is 15.0 Å². The van der Waals surface area contributed by atoms with Crippen LogP contribution in [0.5, 0.6) is 6.01 Å². The van der Waals surface area contributed by atoms with Gasteiger partial charge in [-0.25, -0.2) is 0 Å². The van der Waals surface area contributed by atoms with Gasteiger partial charge in [0.25, 0.3) is 0 Å². The van der Waals surface area contributed by atoms with Gasteiger partial charge in [0.2, 0.25) is 11.2 Å². The predicted octanol–water partition coefficient (Wildman–Crippen LogP) is 4.13. The molecule has 106 valence electrons. The summed E-state index contributed by atoms with van der Waals surface area (Å²) in [4.78, 5) is 12.1. The van der Waals surface area contributed by atoms with E-state index in [1.165, 1.54) is 0 Å². The van der Waals surface area contributed by atoms with Crippen molar-refractivity contribution in [2.24, 2.45) is 0 Å². The zero-order chi connectivity index (χ0) is 14.5. The predicted molar refractivity (Wildman–Crippen MR) is 82.8 cm³/mol. The third kappa shape index (κ3) is 4.05. The van der Waals surface area contributed by atoms with Gasteiger partial charge in [-0.3, -0.25) is 0 Å². The molecule has 0 saturated carbocycles. The zero-order valence-electron chi connectivity index (χ0n) is 11.2. The van der Waals surface area contributed by atoms with Crippen LogP contribution in [-0.4, -0.2) is 21.6 Å². The van der Waals surface area contributed by atoms with Gasteiger partial charge in [-0.1, -0.05) is 13.0 Å². The van der Waals surface area contributed by atoms with Gasteiger partial charge in [0.1, 0.15) is 0 Å². The van der Waals surface area contributed by atoms with Crippen molar-refractivity contribution in [3.8, 4) is 6.01 Å². The lowest BCUT2D eigenvalue weighted by Gasteiger charge is -2.09. The van der Waals surface area contributed by atoms with Crippen molar-refractivity contribution in [3.63, 3.8) is 0 Å². The van der Waals surface area contributed by atoms with Gasteiger partial charge >= 0.3 is 6.01 Å². The number of hydrogen-bond acceptors (Lipinski definition) is 5. The number of aromatic nitrogens is 3. The lowest BCUT2D eigenvalue weighted by atomic mass is 10.2. The number of nitrogens with one attached hydrogen (secondary N) is 1. The fraction of sp³-hybridized carbons (Fsp3) is 0.308. The Labute approximate surface area is 130 Å². The Balaban J connectivity index is 2.24. The average molecular weight is 358 g/mol. The Morgan fingerprint density at radius 1 is 1.30 bits per heavy atom. The molecule has 1 aromatic carbocycles. The second-order valence-corrected chi connectivity index (χ2v) is 5.36. The topological polar surface area (TPSA) is 59.9 Å². The molecule has 0 atom stereocenters. The van der Waals surface area contributed by atoms with Gasteiger partial charge < -0.3 is 10.1 Å². The third-order valence-electron chi connectivity index (χ3n) is 2.39. The smallest absolute Gasteiger partial charge is 0.322 e. The van der Waals surface area contributed by atoms with E-state index >= 15 is 0 Å². The standard InChI is InChI=1S/C13H14BrClN4O/c1-3-6-20-13-18-11(15)17-12(19-13)16-10-7-8(2)4-5-9(10)14/h4-5,7H,3,6H2,1-2H3,(H,16,17,18,19). The molecular weight excluding hydrogens is 344 g/mol. The molecule has 5 nitrogen and oxygen atoms in total. The molecule has 0 aliphatic carbocycles. The summed E-state index contributed by atoms with van der Waals surface area (Å²) in [7, 11) is 0. The Morgan fingerprint density at radius 3 is 2.85 bits per heavy atom. The highest BCUT2D eigenvalue weighted by Gasteiger charge is 2.08. The van der Waals surface area contributed by atoms with E-state index in [2.05, 4.69) is 36.2 Å². The monoisotopic (exact) mass is 356 g/mol. The maximum absolute atomic E-state index is 5.87. The Morgan fingerprint density at radius 2 is 2.10 bits per heavy atom. The maximum Gasteiger partial charge on any atom is 0.322 e. The summed E-state index contributed by atoms with van der Waals surface area (Å²) >= 11 is 9.34. The maximum atomic E-state index is 5.87. The van der Waals surface area contributed by atoms with Crippen molar-refractivity contribution in [2.45, 2.75) is 20.3 Å². The van der Waals surface area contributed by atoms with Crippen LogP contribution in [0.25, 0.3) is 0 Å².